The van der Waals surface area contributed by atoms with Crippen LogP contribution in [0, 0.1) is 5.82 Å². The first-order chi connectivity index (χ1) is 9.52. The van der Waals surface area contributed by atoms with Gasteiger partial charge in [-0.15, -0.1) is 0 Å². The molecule has 0 amide bonds. The van der Waals surface area contributed by atoms with Gasteiger partial charge in [-0.1, -0.05) is 0 Å². The van der Waals surface area contributed by atoms with Crippen LogP contribution in [0.25, 0.3) is 0 Å². The quantitative estimate of drug-likeness (QED) is 0.700. The fourth-order valence-electron chi connectivity index (χ4n) is 1.45. The van der Waals surface area contributed by atoms with E-state index in [9.17, 15) is 14.3 Å². The van der Waals surface area contributed by atoms with Crippen LogP contribution in [0.3, 0.4) is 0 Å². The lowest BCUT2D eigenvalue weighted by atomic mass is 10.3. The van der Waals surface area contributed by atoms with E-state index in [1.54, 1.807) is 13.8 Å². The minimum atomic E-state index is -0.781. The number of benzene rings is 1. The van der Waals surface area contributed by atoms with E-state index in [4.69, 9.17) is 9.47 Å². The molecule has 0 bridgehead atoms. The summed E-state index contributed by atoms with van der Waals surface area (Å²) in [6.45, 7) is 3.96. The van der Waals surface area contributed by atoms with Crippen LogP contribution in [0.5, 0.6) is 5.75 Å². The van der Waals surface area contributed by atoms with Crippen LogP contribution in [0.4, 0.5) is 4.39 Å². The number of ether oxygens (including phenoxy) is 2. The summed E-state index contributed by atoms with van der Waals surface area (Å²) in [5.41, 5.74) is 0. The van der Waals surface area contributed by atoms with Gasteiger partial charge in [0.15, 0.2) is 0 Å². The minimum absolute atomic E-state index is 0.0498. The highest BCUT2D eigenvalue weighted by Gasteiger charge is 2.15. The van der Waals surface area contributed by atoms with Crippen molar-refractivity contribution >= 4 is 5.97 Å². The minimum Gasteiger partial charge on any atom is -0.491 e. The molecule has 20 heavy (non-hydrogen) atoms. The highest BCUT2D eigenvalue weighted by atomic mass is 19.1. The molecule has 2 atom stereocenters. The van der Waals surface area contributed by atoms with Crippen molar-refractivity contribution in [2.75, 3.05) is 19.8 Å². The van der Waals surface area contributed by atoms with Gasteiger partial charge < -0.3 is 19.9 Å². The summed E-state index contributed by atoms with van der Waals surface area (Å²) in [6, 6.07) is 5.04. The molecular weight excluding hydrogens is 265 g/mol. The van der Waals surface area contributed by atoms with Crippen molar-refractivity contribution in [2.24, 2.45) is 0 Å². The summed E-state index contributed by atoms with van der Waals surface area (Å²) in [5, 5.41) is 12.6. The SMILES string of the molecule is CCOC(=O)C(C)NCC(O)COc1ccc(F)cc1. The molecule has 5 nitrogen and oxygen atoms in total. The van der Waals surface area contributed by atoms with Crippen molar-refractivity contribution in [1.82, 2.24) is 5.32 Å². The second kappa shape index (κ2) is 8.50. The Kier molecular flexibility index (Phi) is 6.97. The van der Waals surface area contributed by atoms with Crippen LogP contribution < -0.4 is 10.1 Å². The van der Waals surface area contributed by atoms with E-state index in [0.29, 0.717) is 12.4 Å². The Morgan fingerprint density at radius 1 is 1.40 bits per heavy atom. The standard InChI is InChI=1S/C14H20FNO4/c1-3-19-14(18)10(2)16-8-12(17)9-20-13-6-4-11(15)5-7-13/h4-7,10,12,16-17H,3,8-9H2,1-2H3. The van der Waals surface area contributed by atoms with Crippen molar-refractivity contribution in [3.05, 3.63) is 30.1 Å². The van der Waals surface area contributed by atoms with Crippen molar-refractivity contribution in [3.8, 4) is 5.75 Å². The highest BCUT2D eigenvalue weighted by molar-refractivity contribution is 5.75. The van der Waals surface area contributed by atoms with Gasteiger partial charge in [-0.3, -0.25) is 4.79 Å². The predicted octanol–water partition coefficient (Wildman–Crippen LogP) is 1.11. The topological polar surface area (TPSA) is 67.8 Å². The number of hydrogen-bond donors (Lipinski definition) is 2. The fraction of sp³-hybridized carbons (Fsp3) is 0.500. The normalized spacial score (nSPS) is 13.6. The predicted molar refractivity (Wildman–Crippen MR) is 72.0 cm³/mol. The van der Waals surface area contributed by atoms with Gasteiger partial charge in [-0.05, 0) is 38.1 Å². The number of carbonyl (C=O) groups excluding carboxylic acids is 1. The Bertz CT molecular complexity index is 410. The molecule has 1 rings (SSSR count). The van der Waals surface area contributed by atoms with Gasteiger partial charge in [-0.2, -0.15) is 0 Å². The molecule has 0 spiro atoms. The van der Waals surface area contributed by atoms with Gasteiger partial charge in [0.2, 0.25) is 0 Å². The molecule has 0 aliphatic rings. The van der Waals surface area contributed by atoms with Crippen LogP contribution in [0.2, 0.25) is 0 Å². The molecule has 0 aromatic heterocycles. The number of nitrogens with one attached hydrogen (secondary N) is 1. The summed E-state index contributed by atoms with van der Waals surface area (Å²) in [4.78, 5) is 11.3. The molecule has 1 aromatic rings. The van der Waals surface area contributed by atoms with Crippen LogP contribution in [-0.2, 0) is 9.53 Å². The second-order valence-corrected chi connectivity index (χ2v) is 4.30. The first-order valence-corrected chi connectivity index (χ1v) is 6.49. The average molecular weight is 285 g/mol. The summed E-state index contributed by atoms with van der Waals surface area (Å²) < 4.78 is 22.8. The molecule has 0 aliphatic heterocycles. The smallest absolute Gasteiger partial charge is 0.322 e. The summed E-state index contributed by atoms with van der Waals surface area (Å²) in [7, 11) is 0. The zero-order valence-corrected chi connectivity index (χ0v) is 11.6. The van der Waals surface area contributed by atoms with Crippen molar-refractivity contribution in [3.63, 3.8) is 0 Å². The molecular formula is C14H20FNO4. The van der Waals surface area contributed by atoms with E-state index in [0.717, 1.165) is 0 Å². The van der Waals surface area contributed by atoms with E-state index in [2.05, 4.69) is 5.32 Å². The third-order valence-corrected chi connectivity index (χ3v) is 2.56. The number of hydrogen-bond acceptors (Lipinski definition) is 5. The Hall–Kier alpha value is -1.66. The van der Waals surface area contributed by atoms with Crippen molar-refractivity contribution in [2.45, 2.75) is 26.0 Å². The number of carbonyl (C=O) groups is 1. The first kappa shape index (κ1) is 16.4. The maximum atomic E-state index is 12.7. The highest BCUT2D eigenvalue weighted by Crippen LogP contribution is 2.11. The zero-order chi connectivity index (χ0) is 15.0. The number of aliphatic hydroxyl groups excluding tert-OH is 1. The third-order valence-electron chi connectivity index (χ3n) is 2.56. The molecule has 2 unspecified atom stereocenters. The monoisotopic (exact) mass is 285 g/mol. The Morgan fingerprint density at radius 3 is 2.65 bits per heavy atom. The molecule has 2 N–H and O–H groups in total. The summed E-state index contributed by atoms with van der Waals surface area (Å²) >= 11 is 0. The van der Waals surface area contributed by atoms with Gasteiger partial charge in [0.05, 0.1) is 6.61 Å². The maximum Gasteiger partial charge on any atom is 0.322 e. The van der Waals surface area contributed by atoms with Crippen molar-refractivity contribution < 1.29 is 23.8 Å². The number of rotatable bonds is 8. The van der Waals surface area contributed by atoms with E-state index in [1.165, 1.54) is 24.3 Å². The van der Waals surface area contributed by atoms with E-state index >= 15 is 0 Å². The molecule has 6 heteroatoms. The van der Waals surface area contributed by atoms with E-state index < -0.39 is 12.1 Å². The number of halogens is 1. The summed E-state index contributed by atoms with van der Waals surface area (Å²) in [5.74, 6) is -0.231. The van der Waals surface area contributed by atoms with Crippen LogP contribution in [-0.4, -0.2) is 43.0 Å². The molecule has 0 heterocycles. The molecule has 1 aromatic carbocycles. The zero-order valence-electron chi connectivity index (χ0n) is 11.6. The second-order valence-electron chi connectivity index (χ2n) is 4.30. The van der Waals surface area contributed by atoms with Crippen LogP contribution in [0.15, 0.2) is 24.3 Å². The van der Waals surface area contributed by atoms with Crippen molar-refractivity contribution in [1.29, 1.82) is 0 Å². The van der Waals surface area contributed by atoms with E-state index in [-0.39, 0.29) is 24.9 Å². The largest absolute Gasteiger partial charge is 0.491 e. The Morgan fingerprint density at radius 2 is 2.05 bits per heavy atom. The number of aliphatic hydroxyl groups is 1. The molecule has 0 saturated heterocycles. The lowest BCUT2D eigenvalue weighted by Crippen LogP contribution is -2.41. The lowest BCUT2D eigenvalue weighted by Gasteiger charge is -2.16. The fourth-order valence-corrected chi connectivity index (χ4v) is 1.45. The first-order valence-electron chi connectivity index (χ1n) is 6.49. The van der Waals surface area contributed by atoms with Gasteiger partial charge in [0.25, 0.3) is 0 Å². The van der Waals surface area contributed by atoms with E-state index in [1.807, 2.05) is 0 Å². The van der Waals surface area contributed by atoms with Gasteiger partial charge >= 0.3 is 5.97 Å². The molecule has 0 fully saturated rings. The lowest BCUT2D eigenvalue weighted by molar-refractivity contribution is -0.145. The van der Waals surface area contributed by atoms with Gasteiger partial charge in [0, 0.05) is 6.54 Å². The molecule has 0 saturated carbocycles. The maximum absolute atomic E-state index is 12.7. The van der Waals surface area contributed by atoms with Crippen LogP contribution in [0.1, 0.15) is 13.8 Å². The molecule has 0 radical (unpaired) electrons. The summed E-state index contributed by atoms with van der Waals surface area (Å²) in [6.07, 6.45) is -0.781. The van der Waals surface area contributed by atoms with Gasteiger partial charge in [-0.25, -0.2) is 4.39 Å². The number of esters is 1. The Balaban J connectivity index is 2.24. The molecule has 112 valence electrons. The molecule has 0 aliphatic carbocycles. The Labute approximate surface area is 117 Å². The van der Waals surface area contributed by atoms with Gasteiger partial charge in [0.1, 0.15) is 30.3 Å². The average Bonchev–Trinajstić information content (AvgIpc) is 2.44. The third kappa shape index (κ3) is 5.99. The van der Waals surface area contributed by atoms with Crippen LogP contribution >= 0.6 is 0 Å².